The van der Waals surface area contributed by atoms with Crippen LogP contribution in [0.1, 0.15) is 37.8 Å². The van der Waals surface area contributed by atoms with E-state index in [1.54, 1.807) is 7.11 Å². The van der Waals surface area contributed by atoms with Crippen LogP contribution in [-0.2, 0) is 14.3 Å². The molecule has 0 aromatic heterocycles. The summed E-state index contributed by atoms with van der Waals surface area (Å²) in [5, 5.41) is 3.25. The van der Waals surface area contributed by atoms with Gasteiger partial charge < -0.3 is 24.4 Å². The van der Waals surface area contributed by atoms with Gasteiger partial charge in [-0.2, -0.15) is 0 Å². The van der Waals surface area contributed by atoms with Gasteiger partial charge in [-0.25, -0.2) is 0 Å². The molecule has 6 heteroatoms. The van der Waals surface area contributed by atoms with Crippen LogP contribution in [-0.4, -0.2) is 63.0 Å². The molecule has 0 spiro atoms. The van der Waals surface area contributed by atoms with Crippen LogP contribution in [0.25, 0.3) is 0 Å². The number of carbonyl (C=O) groups is 1. The number of carbonyl (C=O) groups excluding carboxylic acids is 1. The highest BCUT2D eigenvalue weighted by molar-refractivity contribution is 5.82. The standard InChI is InChI=1S/C20H30N2O4/c1-15(16-5-3-6-18(13-16)25-11-4-10-24-2)22(17-7-8-17)20(23)19-14-21-9-12-26-19/h3,5-6,13,15,17,19,21H,4,7-12,14H2,1-2H3/t15-,19-/m1/s1. The molecule has 2 aliphatic rings. The fourth-order valence-electron chi connectivity index (χ4n) is 3.35. The maximum absolute atomic E-state index is 13.0. The summed E-state index contributed by atoms with van der Waals surface area (Å²) >= 11 is 0. The van der Waals surface area contributed by atoms with E-state index in [0.717, 1.165) is 37.1 Å². The van der Waals surface area contributed by atoms with E-state index < -0.39 is 0 Å². The highest BCUT2D eigenvalue weighted by Gasteiger charge is 2.39. The molecule has 1 amide bonds. The zero-order chi connectivity index (χ0) is 18.4. The van der Waals surface area contributed by atoms with Crippen molar-refractivity contribution in [3.63, 3.8) is 0 Å². The van der Waals surface area contributed by atoms with Crippen LogP contribution in [0.2, 0.25) is 0 Å². The van der Waals surface area contributed by atoms with Gasteiger partial charge in [0.2, 0.25) is 0 Å². The number of hydrogen-bond donors (Lipinski definition) is 1. The molecule has 1 saturated heterocycles. The zero-order valence-corrected chi connectivity index (χ0v) is 15.8. The fraction of sp³-hybridized carbons (Fsp3) is 0.650. The molecular formula is C20H30N2O4. The van der Waals surface area contributed by atoms with Crippen molar-refractivity contribution in [2.45, 2.75) is 44.4 Å². The largest absolute Gasteiger partial charge is 0.493 e. The highest BCUT2D eigenvalue weighted by Crippen LogP contribution is 2.36. The lowest BCUT2D eigenvalue weighted by molar-refractivity contribution is -0.148. The number of amides is 1. The van der Waals surface area contributed by atoms with Crippen molar-refractivity contribution in [2.75, 3.05) is 40.0 Å². The first-order chi connectivity index (χ1) is 12.7. The van der Waals surface area contributed by atoms with Gasteiger partial charge in [0, 0.05) is 39.3 Å². The van der Waals surface area contributed by atoms with Gasteiger partial charge in [-0.1, -0.05) is 12.1 Å². The van der Waals surface area contributed by atoms with Crippen LogP contribution in [0.4, 0.5) is 0 Å². The quantitative estimate of drug-likeness (QED) is 0.682. The van der Waals surface area contributed by atoms with E-state index >= 15 is 0 Å². The van der Waals surface area contributed by atoms with Crippen molar-refractivity contribution in [3.05, 3.63) is 29.8 Å². The summed E-state index contributed by atoms with van der Waals surface area (Å²) in [4.78, 5) is 15.1. The molecule has 26 heavy (non-hydrogen) atoms. The zero-order valence-electron chi connectivity index (χ0n) is 15.8. The van der Waals surface area contributed by atoms with E-state index in [1.165, 1.54) is 0 Å². The molecule has 1 aromatic carbocycles. The molecule has 2 fully saturated rings. The third kappa shape index (κ3) is 4.96. The number of benzene rings is 1. The number of rotatable bonds is 9. The first-order valence-corrected chi connectivity index (χ1v) is 9.57. The van der Waals surface area contributed by atoms with E-state index in [1.807, 2.05) is 23.1 Å². The minimum absolute atomic E-state index is 0.00283. The first-order valence-electron chi connectivity index (χ1n) is 9.57. The molecule has 144 valence electrons. The average Bonchev–Trinajstić information content (AvgIpc) is 3.51. The number of nitrogens with one attached hydrogen (secondary N) is 1. The Kier molecular flexibility index (Phi) is 6.88. The summed E-state index contributed by atoms with van der Waals surface area (Å²) in [5.41, 5.74) is 1.10. The lowest BCUT2D eigenvalue weighted by Crippen LogP contribution is -2.50. The maximum atomic E-state index is 13.0. The second kappa shape index (κ2) is 9.35. The Labute approximate surface area is 155 Å². The summed E-state index contributed by atoms with van der Waals surface area (Å²) in [6.45, 7) is 5.40. The summed E-state index contributed by atoms with van der Waals surface area (Å²) in [6.07, 6.45) is 2.63. The summed E-state index contributed by atoms with van der Waals surface area (Å²) in [5.74, 6) is 0.933. The van der Waals surface area contributed by atoms with Gasteiger partial charge in [-0.05, 0) is 37.5 Å². The van der Waals surface area contributed by atoms with Gasteiger partial charge in [0.15, 0.2) is 0 Å². The fourth-order valence-corrected chi connectivity index (χ4v) is 3.35. The van der Waals surface area contributed by atoms with Crippen molar-refractivity contribution in [2.24, 2.45) is 0 Å². The molecule has 3 rings (SSSR count). The third-order valence-corrected chi connectivity index (χ3v) is 4.92. The molecular weight excluding hydrogens is 332 g/mol. The second-order valence-corrected chi connectivity index (χ2v) is 6.98. The molecule has 1 aromatic rings. The Balaban J connectivity index is 1.67. The van der Waals surface area contributed by atoms with Gasteiger partial charge in [-0.15, -0.1) is 0 Å². The minimum atomic E-state index is -0.375. The molecule has 0 radical (unpaired) electrons. The van der Waals surface area contributed by atoms with Crippen LogP contribution in [0.5, 0.6) is 5.75 Å². The predicted octanol–water partition coefficient (Wildman–Crippen LogP) is 2.14. The molecule has 1 N–H and O–H groups in total. The molecule has 1 heterocycles. The number of morpholine rings is 1. The monoisotopic (exact) mass is 362 g/mol. The second-order valence-electron chi connectivity index (χ2n) is 6.98. The first kappa shape index (κ1) is 19.1. The Hall–Kier alpha value is -1.63. The molecule has 0 bridgehead atoms. The summed E-state index contributed by atoms with van der Waals surface area (Å²) < 4.78 is 16.6. The third-order valence-electron chi connectivity index (χ3n) is 4.92. The van der Waals surface area contributed by atoms with Gasteiger partial charge in [0.25, 0.3) is 5.91 Å². The highest BCUT2D eigenvalue weighted by atomic mass is 16.5. The lowest BCUT2D eigenvalue weighted by Gasteiger charge is -2.34. The molecule has 2 atom stereocenters. The van der Waals surface area contributed by atoms with Crippen LogP contribution < -0.4 is 10.1 Å². The van der Waals surface area contributed by atoms with E-state index in [-0.39, 0.29) is 18.1 Å². The Morgan fingerprint density at radius 1 is 1.38 bits per heavy atom. The van der Waals surface area contributed by atoms with Crippen LogP contribution >= 0.6 is 0 Å². The van der Waals surface area contributed by atoms with Gasteiger partial charge in [0.1, 0.15) is 11.9 Å². The van der Waals surface area contributed by atoms with E-state index in [4.69, 9.17) is 14.2 Å². The van der Waals surface area contributed by atoms with Crippen molar-refractivity contribution in [3.8, 4) is 5.75 Å². The van der Waals surface area contributed by atoms with Crippen molar-refractivity contribution >= 4 is 5.91 Å². The van der Waals surface area contributed by atoms with Crippen molar-refractivity contribution in [1.29, 1.82) is 0 Å². The number of hydrogen-bond acceptors (Lipinski definition) is 5. The number of nitrogens with zero attached hydrogens (tertiary/aromatic N) is 1. The van der Waals surface area contributed by atoms with Gasteiger partial charge in [0.05, 0.1) is 19.3 Å². The summed E-state index contributed by atoms with van der Waals surface area (Å²) in [6, 6.07) is 8.39. The minimum Gasteiger partial charge on any atom is -0.493 e. The molecule has 0 unspecified atom stereocenters. The molecule has 1 aliphatic carbocycles. The van der Waals surface area contributed by atoms with E-state index in [9.17, 15) is 4.79 Å². The SMILES string of the molecule is COCCCOc1cccc([C@@H](C)N(C(=O)[C@H]2CNCCO2)C2CC2)c1. The number of methoxy groups -OCH3 is 1. The average molecular weight is 362 g/mol. The normalized spacial score (nSPS) is 21.2. The Morgan fingerprint density at radius 2 is 2.23 bits per heavy atom. The summed E-state index contributed by atoms with van der Waals surface area (Å²) in [7, 11) is 1.69. The molecule has 1 aliphatic heterocycles. The van der Waals surface area contributed by atoms with Crippen molar-refractivity contribution in [1.82, 2.24) is 10.2 Å². The lowest BCUT2D eigenvalue weighted by atomic mass is 10.1. The van der Waals surface area contributed by atoms with E-state index in [2.05, 4.69) is 18.3 Å². The van der Waals surface area contributed by atoms with Gasteiger partial charge >= 0.3 is 0 Å². The van der Waals surface area contributed by atoms with Crippen LogP contribution in [0.15, 0.2) is 24.3 Å². The smallest absolute Gasteiger partial charge is 0.253 e. The number of ether oxygens (including phenoxy) is 3. The molecule has 1 saturated carbocycles. The Morgan fingerprint density at radius 3 is 2.92 bits per heavy atom. The van der Waals surface area contributed by atoms with Crippen LogP contribution in [0, 0.1) is 0 Å². The van der Waals surface area contributed by atoms with Crippen LogP contribution in [0.3, 0.4) is 0 Å². The van der Waals surface area contributed by atoms with Gasteiger partial charge in [-0.3, -0.25) is 4.79 Å². The topological polar surface area (TPSA) is 60.0 Å². The predicted molar refractivity (Wildman–Crippen MR) is 99.3 cm³/mol. The molecule has 6 nitrogen and oxygen atoms in total. The maximum Gasteiger partial charge on any atom is 0.253 e. The van der Waals surface area contributed by atoms with E-state index in [0.29, 0.717) is 32.4 Å². The Bertz CT molecular complexity index is 585. The van der Waals surface area contributed by atoms with Crippen molar-refractivity contribution < 1.29 is 19.0 Å².